The number of aryl methyl sites for hydroxylation is 2. The highest BCUT2D eigenvalue weighted by Crippen LogP contribution is 2.20. The van der Waals surface area contributed by atoms with Crippen molar-refractivity contribution in [3.8, 4) is 11.1 Å². The molecule has 0 spiro atoms. The second-order valence-electron chi connectivity index (χ2n) is 7.96. The van der Waals surface area contributed by atoms with Gasteiger partial charge in [0.05, 0.1) is 11.0 Å². The molecule has 4 rings (SSSR count). The molecule has 1 N–H and O–H groups in total. The average Bonchev–Trinajstić information content (AvgIpc) is 3.10. The van der Waals surface area contributed by atoms with Gasteiger partial charge in [0.1, 0.15) is 0 Å². The van der Waals surface area contributed by atoms with E-state index in [0.717, 1.165) is 50.2 Å². The number of imidazole rings is 1. The van der Waals surface area contributed by atoms with Gasteiger partial charge in [0.2, 0.25) is 5.62 Å². The fourth-order valence-electron chi connectivity index (χ4n) is 4.26. The van der Waals surface area contributed by atoms with E-state index in [9.17, 15) is 0 Å². The fraction of sp³-hybridized carbons (Fsp3) is 0.296. The molecule has 4 heteroatoms. The molecule has 0 unspecified atom stereocenters. The van der Waals surface area contributed by atoms with E-state index in [0.29, 0.717) is 5.62 Å². The molecule has 3 aromatic carbocycles. The number of benzene rings is 3. The highest BCUT2D eigenvalue weighted by molar-refractivity contribution is 5.75. The quantitative estimate of drug-likeness (QED) is 0.404. The lowest BCUT2D eigenvalue weighted by Crippen LogP contribution is -2.32. The average molecular weight is 413 g/mol. The van der Waals surface area contributed by atoms with Crippen molar-refractivity contribution in [3.05, 3.63) is 90.0 Å². The van der Waals surface area contributed by atoms with Crippen LogP contribution >= 0.6 is 0 Å². The van der Waals surface area contributed by atoms with Crippen LogP contribution in [-0.2, 0) is 19.5 Å². The molecule has 160 valence electrons. The van der Waals surface area contributed by atoms with E-state index in [4.69, 9.17) is 5.41 Å². The predicted molar refractivity (Wildman–Crippen MR) is 129 cm³/mol. The van der Waals surface area contributed by atoms with Gasteiger partial charge in [-0.15, -0.1) is 0 Å². The second-order valence-corrected chi connectivity index (χ2v) is 7.96. The minimum atomic E-state index is 0.592. The number of likely N-dealkylation sites (N-methyl/N-ethyl adjacent to an activating group) is 1. The largest absolute Gasteiger partial charge is 0.310 e. The summed E-state index contributed by atoms with van der Waals surface area (Å²) in [6, 6.07) is 27.7. The number of hydrogen-bond donors (Lipinski definition) is 1. The summed E-state index contributed by atoms with van der Waals surface area (Å²) >= 11 is 0. The lowest BCUT2D eigenvalue weighted by Gasteiger charge is -2.18. The number of rotatable bonds is 9. The van der Waals surface area contributed by atoms with Gasteiger partial charge in [0.25, 0.3) is 0 Å². The third kappa shape index (κ3) is 4.64. The standard InChI is InChI=1S/C27H32N4/c1-3-29(4-2)20-21-31-26-13-9-8-12-25(26)30(27(31)28)19-18-22-14-16-24(17-15-22)23-10-6-5-7-11-23/h5-17,28H,3-4,18-21H2,1-2H3. The number of para-hydroxylation sites is 2. The topological polar surface area (TPSA) is 37.0 Å². The number of nitrogens with zero attached hydrogens (tertiary/aromatic N) is 3. The molecule has 0 aliphatic rings. The number of hydrogen-bond acceptors (Lipinski definition) is 2. The Kier molecular flexibility index (Phi) is 6.68. The van der Waals surface area contributed by atoms with Crippen LogP contribution in [0, 0.1) is 5.41 Å². The molecule has 0 saturated carbocycles. The van der Waals surface area contributed by atoms with Gasteiger partial charge in [-0.1, -0.05) is 80.6 Å². The van der Waals surface area contributed by atoms with Gasteiger partial charge in [0, 0.05) is 19.6 Å². The Balaban J connectivity index is 1.53. The molecule has 4 nitrogen and oxygen atoms in total. The molecule has 0 fully saturated rings. The van der Waals surface area contributed by atoms with Crippen molar-refractivity contribution in [3.63, 3.8) is 0 Å². The van der Waals surface area contributed by atoms with Crippen LogP contribution in [0.2, 0.25) is 0 Å². The van der Waals surface area contributed by atoms with Crippen LogP contribution in [0.15, 0.2) is 78.9 Å². The van der Waals surface area contributed by atoms with E-state index >= 15 is 0 Å². The summed E-state index contributed by atoms with van der Waals surface area (Å²) in [4.78, 5) is 2.41. The maximum atomic E-state index is 8.85. The molecule has 0 aliphatic heterocycles. The Morgan fingerprint density at radius 1 is 0.677 bits per heavy atom. The number of aromatic nitrogens is 2. The van der Waals surface area contributed by atoms with Gasteiger partial charge in [-0.3, -0.25) is 5.41 Å². The van der Waals surface area contributed by atoms with Crippen LogP contribution in [-0.4, -0.2) is 33.7 Å². The van der Waals surface area contributed by atoms with Gasteiger partial charge < -0.3 is 14.0 Å². The summed E-state index contributed by atoms with van der Waals surface area (Å²) in [6.07, 6.45) is 0.912. The van der Waals surface area contributed by atoms with Crippen LogP contribution in [0.4, 0.5) is 0 Å². The van der Waals surface area contributed by atoms with Crippen LogP contribution < -0.4 is 5.62 Å². The van der Waals surface area contributed by atoms with Crippen molar-refractivity contribution >= 4 is 11.0 Å². The maximum Gasteiger partial charge on any atom is 0.203 e. The molecule has 0 atom stereocenters. The number of nitrogens with one attached hydrogen (secondary N) is 1. The molecule has 1 heterocycles. The summed E-state index contributed by atoms with van der Waals surface area (Å²) < 4.78 is 4.31. The van der Waals surface area contributed by atoms with Crippen LogP contribution in [0.25, 0.3) is 22.2 Å². The van der Waals surface area contributed by atoms with Gasteiger partial charge in [-0.25, -0.2) is 0 Å². The maximum absolute atomic E-state index is 8.85. The molecule has 0 aliphatic carbocycles. The first-order valence-electron chi connectivity index (χ1n) is 11.3. The van der Waals surface area contributed by atoms with E-state index in [1.807, 2.05) is 6.07 Å². The first-order valence-corrected chi connectivity index (χ1v) is 11.3. The zero-order valence-corrected chi connectivity index (χ0v) is 18.6. The molecule has 1 aromatic heterocycles. The van der Waals surface area contributed by atoms with Gasteiger partial charge in [0.15, 0.2) is 0 Å². The molecule has 0 saturated heterocycles. The highest BCUT2D eigenvalue weighted by Gasteiger charge is 2.11. The smallest absolute Gasteiger partial charge is 0.203 e. The third-order valence-corrected chi connectivity index (χ3v) is 6.19. The summed E-state index contributed by atoms with van der Waals surface area (Å²) in [5, 5.41) is 8.85. The monoisotopic (exact) mass is 412 g/mol. The lowest BCUT2D eigenvalue weighted by atomic mass is 10.0. The van der Waals surface area contributed by atoms with Crippen molar-refractivity contribution in [1.82, 2.24) is 14.0 Å². The summed E-state index contributed by atoms with van der Waals surface area (Å²) in [7, 11) is 0. The Hall–Kier alpha value is -3.11. The molecule has 0 radical (unpaired) electrons. The van der Waals surface area contributed by atoms with Crippen molar-refractivity contribution in [2.45, 2.75) is 33.4 Å². The molecule has 31 heavy (non-hydrogen) atoms. The predicted octanol–water partition coefficient (Wildman–Crippen LogP) is 5.17. The molecule has 0 amide bonds. The summed E-state index contributed by atoms with van der Waals surface area (Å²) in [6.45, 7) is 9.11. The van der Waals surface area contributed by atoms with Crippen molar-refractivity contribution < 1.29 is 0 Å². The zero-order chi connectivity index (χ0) is 21.6. The van der Waals surface area contributed by atoms with Crippen LogP contribution in [0.5, 0.6) is 0 Å². The minimum Gasteiger partial charge on any atom is -0.310 e. The van der Waals surface area contributed by atoms with E-state index in [2.05, 4.69) is 101 Å². The Labute approximate surface area is 184 Å². The highest BCUT2D eigenvalue weighted by atomic mass is 15.2. The second kappa shape index (κ2) is 9.80. The van der Waals surface area contributed by atoms with E-state index in [1.54, 1.807) is 0 Å². The SMILES string of the molecule is CCN(CC)CCn1c(=N)n(CCc2ccc(-c3ccccc3)cc2)c2ccccc21. The molecule has 4 aromatic rings. The molecular formula is C27H32N4. The Bertz CT molecular complexity index is 1170. The third-order valence-electron chi connectivity index (χ3n) is 6.19. The first kappa shape index (κ1) is 21.1. The van der Waals surface area contributed by atoms with Crippen LogP contribution in [0.3, 0.4) is 0 Å². The summed E-state index contributed by atoms with van der Waals surface area (Å²) in [5.74, 6) is 0. The van der Waals surface area contributed by atoms with Gasteiger partial charge in [-0.05, 0) is 48.3 Å². The summed E-state index contributed by atoms with van der Waals surface area (Å²) in [5.41, 5.74) is 6.67. The van der Waals surface area contributed by atoms with E-state index in [1.165, 1.54) is 16.7 Å². The van der Waals surface area contributed by atoms with Crippen molar-refractivity contribution in [2.75, 3.05) is 19.6 Å². The zero-order valence-electron chi connectivity index (χ0n) is 18.6. The Morgan fingerprint density at radius 3 is 1.84 bits per heavy atom. The normalized spacial score (nSPS) is 11.5. The minimum absolute atomic E-state index is 0.592. The van der Waals surface area contributed by atoms with Crippen molar-refractivity contribution in [2.24, 2.45) is 0 Å². The first-order chi connectivity index (χ1) is 15.2. The van der Waals surface area contributed by atoms with Gasteiger partial charge in [-0.2, -0.15) is 0 Å². The van der Waals surface area contributed by atoms with Crippen molar-refractivity contribution in [1.29, 1.82) is 5.41 Å². The van der Waals surface area contributed by atoms with Crippen LogP contribution in [0.1, 0.15) is 19.4 Å². The van der Waals surface area contributed by atoms with Gasteiger partial charge >= 0.3 is 0 Å². The fourth-order valence-corrected chi connectivity index (χ4v) is 4.26. The van der Waals surface area contributed by atoms with E-state index < -0.39 is 0 Å². The number of fused-ring (bicyclic) bond motifs is 1. The lowest BCUT2D eigenvalue weighted by molar-refractivity contribution is 0.289. The molecule has 0 bridgehead atoms. The molecular weight excluding hydrogens is 380 g/mol. The van der Waals surface area contributed by atoms with E-state index in [-0.39, 0.29) is 0 Å². The Morgan fingerprint density at radius 2 is 1.23 bits per heavy atom.